The molecule has 1 fully saturated rings. The molecular weight excluding hydrogens is 238 g/mol. The topological polar surface area (TPSA) is 42.2 Å². The lowest BCUT2D eigenvalue weighted by Crippen LogP contribution is -2.23. The Balaban J connectivity index is 2.14. The fourth-order valence-electron chi connectivity index (χ4n) is 2.72. The molecule has 0 saturated heterocycles. The van der Waals surface area contributed by atoms with Gasteiger partial charge in [-0.1, -0.05) is 37.8 Å². The standard InChI is InChI=1S/C13H18ClNO2/c1-9-4-2-3-5-10(9)7-15-8-11(14)6-12(15)13(16)17/h6,8-10H,2-5,7H2,1H3,(H,16,17). The van der Waals surface area contributed by atoms with Crippen molar-refractivity contribution in [1.29, 1.82) is 0 Å². The fraction of sp³-hybridized carbons (Fsp3) is 0.615. The molecule has 1 saturated carbocycles. The van der Waals surface area contributed by atoms with Crippen LogP contribution in [0.5, 0.6) is 0 Å². The third-order valence-corrected chi connectivity index (χ3v) is 4.01. The van der Waals surface area contributed by atoms with Gasteiger partial charge in [-0.3, -0.25) is 0 Å². The second-order valence-corrected chi connectivity index (χ2v) is 5.46. The molecule has 0 aromatic carbocycles. The molecule has 2 atom stereocenters. The molecule has 2 unspecified atom stereocenters. The molecule has 0 spiro atoms. The largest absolute Gasteiger partial charge is 0.477 e. The van der Waals surface area contributed by atoms with Gasteiger partial charge in [0.1, 0.15) is 5.69 Å². The zero-order chi connectivity index (χ0) is 12.4. The third-order valence-electron chi connectivity index (χ3n) is 3.80. The van der Waals surface area contributed by atoms with E-state index in [0.717, 1.165) is 6.54 Å². The van der Waals surface area contributed by atoms with Crippen molar-refractivity contribution in [2.75, 3.05) is 0 Å². The maximum absolute atomic E-state index is 11.1. The van der Waals surface area contributed by atoms with Crippen LogP contribution in [0.15, 0.2) is 12.3 Å². The molecule has 1 N–H and O–H groups in total. The van der Waals surface area contributed by atoms with Crippen LogP contribution in [0.1, 0.15) is 43.1 Å². The summed E-state index contributed by atoms with van der Waals surface area (Å²) in [6, 6.07) is 1.53. The Morgan fingerprint density at radius 1 is 1.53 bits per heavy atom. The van der Waals surface area contributed by atoms with Gasteiger partial charge in [0.15, 0.2) is 0 Å². The summed E-state index contributed by atoms with van der Waals surface area (Å²) in [7, 11) is 0. The highest BCUT2D eigenvalue weighted by atomic mass is 35.5. The molecule has 2 rings (SSSR count). The summed E-state index contributed by atoms with van der Waals surface area (Å²) in [5.41, 5.74) is 0.299. The van der Waals surface area contributed by atoms with E-state index in [1.165, 1.54) is 31.7 Å². The molecule has 1 aliphatic carbocycles. The Labute approximate surface area is 106 Å². The molecule has 3 nitrogen and oxygen atoms in total. The van der Waals surface area contributed by atoms with Crippen molar-refractivity contribution < 1.29 is 9.90 Å². The van der Waals surface area contributed by atoms with E-state index in [2.05, 4.69) is 6.92 Å². The van der Waals surface area contributed by atoms with Gasteiger partial charge in [0, 0.05) is 12.7 Å². The molecule has 1 heterocycles. The van der Waals surface area contributed by atoms with Gasteiger partial charge in [-0.05, 0) is 24.3 Å². The van der Waals surface area contributed by atoms with E-state index in [9.17, 15) is 4.79 Å². The van der Waals surface area contributed by atoms with Crippen LogP contribution in [-0.2, 0) is 6.54 Å². The van der Waals surface area contributed by atoms with Gasteiger partial charge >= 0.3 is 5.97 Å². The van der Waals surface area contributed by atoms with E-state index in [4.69, 9.17) is 16.7 Å². The van der Waals surface area contributed by atoms with E-state index in [1.54, 1.807) is 10.8 Å². The van der Waals surface area contributed by atoms with Gasteiger partial charge in [0.25, 0.3) is 0 Å². The number of carboxylic acid groups (broad SMARTS) is 1. The number of hydrogen-bond donors (Lipinski definition) is 1. The first-order valence-electron chi connectivity index (χ1n) is 6.17. The van der Waals surface area contributed by atoms with E-state index >= 15 is 0 Å². The highest BCUT2D eigenvalue weighted by Crippen LogP contribution is 2.31. The molecule has 4 heteroatoms. The smallest absolute Gasteiger partial charge is 0.352 e. The van der Waals surface area contributed by atoms with Crippen LogP contribution in [0.3, 0.4) is 0 Å². The zero-order valence-corrected chi connectivity index (χ0v) is 10.8. The van der Waals surface area contributed by atoms with Gasteiger partial charge in [-0.2, -0.15) is 0 Å². The van der Waals surface area contributed by atoms with Crippen LogP contribution in [-0.4, -0.2) is 15.6 Å². The number of halogens is 1. The average molecular weight is 256 g/mol. The zero-order valence-electron chi connectivity index (χ0n) is 10.0. The number of carbonyl (C=O) groups is 1. The molecule has 0 radical (unpaired) electrons. The Kier molecular flexibility index (Phi) is 3.77. The van der Waals surface area contributed by atoms with Gasteiger partial charge in [0.2, 0.25) is 0 Å². The van der Waals surface area contributed by atoms with Crippen LogP contribution < -0.4 is 0 Å². The van der Waals surface area contributed by atoms with Gasteiger partial charge in [-0.15, -0.1) is 0 Å². The summed E-state index contributed by atoms with van der Waals surface area (Å²) in [5.74, 6) is 0.345. The lowest BCUT2D eigenvalue weighted by Gasteiger charge is -2.29. The molecule has 1 aromatic rings. The molecule has 0 aliphatic heterocycles. The monoisotopic (exact) mass is 255 g/mol. The van der Waals surface area contributed by atoms with Crippen molar-refractivity contribution in [1.82, 2.24) is 4.57 Å². The minimum absolute atomic E-state index is 0.299. The SMILES string of the molecule is CC1CCCCC1Cn1cc(Cl)cc1C(=O)O. The molecule has 0 amide bonds. The minimum Gasteiger partial charge on any atom is -0.477 e. The van der Waals surface area contributed by atoms with E-state index < -0.39 is 5.97 Å². The Hall–Kier alpha value is -0.960. The van der Waals surface area contributed by atoms with Crippen molar-refractivity contribution in [3.05, 3.63) is 23.0 Å². The first kappa shape index (κ1) is 12.5. The van der Waals surface area contributed by atoms with Crippen molar-refractivity contribution >= 4 is 17.6 Å². The number of aromatic nitrogens is 1. The predicted molar refractivity (Wildman–Crippen MR) is 67.5 cm³/mol. The van der Waals surface area contributed by atoms with Crippen molar-refractivity contribution in [3.8, 4) is 0 Å². The highest BCUT2D eigenvalue weighted by Gasteiger charge is 2.23. The summed E-state index contributed by atoms with van der Waals surface area (Å²) >= 11 is 5.88. The van der Waals surface area contributed by atoms with Gasteiger partial charge in [-0.25, -0.2) is 4.79 Å². The summed E-state index contributed by atoms with van der Waals surface area (Å²) < 4.78 is 1.79. The second-order valence-electron chi connectivity index (χ2n) is 5.02. The van der Waals surface area contributed by atoms with Gasteiger partial charge < -0.3 is 9.67 Å². The van der Waals surface area contributed by atoms with Crippen molar-refractivity contribution in [2.24, 2.45) is 11.8 Å². The maximum Gasteiger partial charge on any atom is 0.352 e. The number of hydrogen-bond acceptors (Lipinski definition) is 1. The van der Waals surface area contributed by atoms with Gasteiger partial charge in [0.05, 0.1) is 5.02 Å². The first-order valence-corrected chi connectivity index (χ1v) is 6.54. The van der Waals surface area contributed by atoms with Crippen LogP contribution in [0, 0.1) is 11.8 Å². The number of aromatic carboxylic acids is 1. The quantitative estimate of drug-likeness (QED) is 0.896. The lowest BCUT2D eigenvalue weighted by molar-refractivity contribution is 0.0682. The van der Waals surface area contributed by atoms with Crippen molar-refractivity contribution in [3.63, 3.8) is 0 Å². The summed E-state index contributed by atoms with van der Waals surface area (Å²) in [6.07, 6.45) is 6.73. The lowest BCUT2D eigenvalue weighted by atomic mass is 9.80. The van der Waals surface area contributed by atoms with E-state index in [-0.39, 0.29) is 0 Å². The molecule has 0 bridgehead atoms. The Morgan fingerprint density at radius 2 is 2.24 bits per heavy atom. The van der Waals surface area contributed by atoms with Crippen LogP contribution >= 0.6 is 11.6 Å². The summed E-state index contributed by atoms with van der Waals surface area (Å²) in [5, 5.41) is 9.60. The average Bonchev–Trinajstić information content (AvgIpc) is 2.63. The third kappa shape index (κ3) is 2.83. The molecule has 1 aliphatic rings. The number of carboxylic acids is 1. The van der Waals surface area contributed by atoms with Crippen molar-refractivity contribution in [2.45, 2.75) is 39.2 Å². The number of nitrogens with zero attached hydrogens (tertiary/aromatic N) is 1. The molecule has 1 aromatic heterocycles. The highest BCUT2D eigenvalue weighted by molar-refractivity contribution is 6.30. The van der Waals surface area contributed by atoms with Crippen LogP contribution in [0.2, 0.25) is 5.02 Å². The Morgan fingerprint density at radius 3 is 2.88 bits per heavy atom. The predicted octanol–water partition coefficient (Wildman–Crippen LogP) is 3.67. The Bertz CT molecular complexity index is 414. The summed E-state index contributed by atoms with van der Waals surface area (Å²) in [4.78, 5) is 11.1. The first-order chi connectivity index (χ1) is 8.08. The number of rotatable bonds is 3. The maximum atomic E-state index is 11.1. The molecular formula is C13H18ClNO2. The van der Waals surface area contributed by atoms with Crippen LogP contribution in [0.25, 0.3) is 0 Å². The van der Waals surface area contributed by atoms with E-state index in [0.29, 0.717) is 22.6 Å². The fourth-order valence-corrected chi connectivity index (χ4v) is 2.94. The summed E-state index contributed by atoms with van der Waals surface area (Å²) in [6.45, 7) is 3.03. The normalized spacial score (nSPS) is 24.8. The molecule has 94 valence electrons. The van der Waals surface area contributed by atoms with Crippen LogP contribution in [0.4, 0.5) is 0 Å². The second kappa shape index (κ2) is 5.13. The van der Waals surface area contributed by atoms with E-state index in [1.807, 2.05) is 0 Å². The molecule has 17 heavy (non-hydrogen) atoms. The minimum atomic E-state index is -0.902.